The van der Waals surface area contributed by atoms with E-state index in [1.165, 1.54) is 0 Å². The van der Waals surface area contributed by atoms with Crippen LogP contribution in [0.3, 0.4) is 0 Å². The minimum absolute atomic E-state index is 0.0442. The Morgan fingerprint density at radius 2 is 2.09 bits per heavy atom. The van der Waals surface area contributed by atoms with Crippen LogP contribution in [0.4, 0.5) is 0 Å². The van der Waals surface area contributed by atoms with Gasteiger partial charge in [-0.3, -0.25) is 9.59 Å². The number of carbonyl (C=O) groups excluding carboxylic acids is 1. The summed E-state index contributed by atoms with van der Waals surface area (Å²) in [5, 5.41) is 11.9. The fourth-order valence-corrected chi connectivity index (χ4v) is 3.37. The first-order chi connectivity index (χ1) is 10.5. The van der Waals surface area contributed by atoms with Crippen molar-refractivity contribution in [3.63, 3.8) is 0 Å². The average molecular weight is 303 g/mol. The van der Waals surface area contributed by atoms with Crippen molar-refractivity contribution in [2.24, 2.45) is 11.8 Å². The standard InChI is InChI=1S/C17H21NO4/c1-10(16(20)21)11(2)18-15(19)13-9-17(13)7-8-22-14-6-4-3-5-12(14)17/h3-6,10-11,13H,7-9H2,1-2H3,(H,18,19)(H,20,21)/t10?,11?,13-,17-/m0/s1. The van der Waals surface area contributed by atoms with Crippen LogP contribution in [0.5, 0.6) is 5.75 Å². The Morgan fingerprint density at radius 1 is 1.36 bits per heavy atom. The normalized spacial score (nSPS) is 28.2. The zero-order valence-corrected chi connectivity index (χ0v) is 12.8. The summed E-state index contributed by atoms with van der Waals surface area (Å²) in [6, 6.07) is 7.51. The Kier molecular flexibility index (Phi) is 3.59. The van der Waals surface area contributed by atoms with E-state index >= 15 is 0 Å². The first kappa shape index (κ1) is 14.9. The first-order valence-corrected chi connectivity index (χ1v) is 7.71. The van der Waals surface area contributed by atoms with Crippen molar-refractivity contribution in [3.8, 4) is 5.75 Å². The van der Waals surface area contributed by atoms with Crippen molar-refractivity contribution in [2.75, 3.05) is 6.61 Å². The van der Waals surface area contributed by atoms with Gasteiger partial charge in [-0.25, -0.2) is 0 Å². The summed E-state index contributed by atoms with van der Waals surface area (Å²) in [4.78, 5) is 23.5. The number of hydrogen-bond acceptors (Lipinski definition) is 3. The quantitative estimate of drug-likeness (QED) is 0.891. The number of fused-ring (bicyclic) bond motifs is 2. The Bertz CT molecular complexity index is 614. The highest BCUT2D eigenvalue weighted by atomic mass is 16.5. The predicted molar refractivity (Wildman–Crippen MR) is 80.7 cm³/mol. The lowest BCUT2D eigenvalue weighted by Crippen LogP contribution is -2.42. The van der Waals surface area contributed by atoms with Crippen molar-refractivity contribution in [3.05, 3.63) is 29.8 Å². The number of nitrogens with one attached hydrogen (secondary N) is 1. The highest BCUT2D eigenvalue weighted by Crippen LogP contribution is 2.60. The van der Waals surface area contributed by atoms with E-state index in [1.54, 1.807) is 13.8 Å². The molecule has 0 radical (unpaired) electrons. The number of ether oxygens (including phenoxy) is 1. The van der Waals surface area contributed by atoms with Gasteiger partial charge in [-0.1, -0.05) is 18.2 Å². The van der Waals surface area contributed by atoms with E-state index in [0.29, 0.717) is 6.61 Å². The molecule has 22 heavy (non-hydrogen) atoms. The molecule has 2 aliphatic rings. The number of amides is 1. The van der Waals surface area contributed by atoms with Gasteiger partial charge in [0, 0.05) is 22.9 Å². The van der Waals surface area contributed by atoms with Crippen LogP contribution in [0.15, 0.2) is 24.3 Å². The number of hydrogen-bond donors (Lipinski definition) is 2. The molecule has 5 nitrogen and oxygen atoms in total. The SMILES string of the molecule is CC(NC(=O)[C@@H]1C[C@]12CCOc1ccccc12)C(C)C(=O)O. The largest absolute Gasteiger partial charge is 0.493 e. The van der Waals surface area contributed by atoms with Crippen LogP contribution < -0.4 is 10.1 Å². The molecule has 1 aromatic carbocycles. The van der Waals surface area contributed by atoms with Crippen LogP contribution in [-0.4, -0.2) is 29.6 Å². The molecule has 4 atom stereocenters. The maximum absolute atomic E-state index is 12.5. The molecule has 1 aromatic rings. The molecule has 0 saturated heterocycles. The van der Waals surface area contributed by atoms with Gasteiger partial charge < -0.3 is 15.2 Å². The third-order valence-corrected chi connectivity index (χ3v) is 5.13. The van der Waals surface area contributed by atoms with Gasteiger partial charge in [0.1, 0.15) is 5.75 Å². The Morgan fingerprint density at radius 3 is 2.82 bits per heavy atom. The molecule has 1 spiro atoms. The second-order valence-corrected chi connectivity index (χ2v) is 6.43. The number of aliphatic carboxylic acids is 1. The van der Waals surface area contributed by atoms with E-state index in [1.807, 2.05) is 24.3 Å². The Hall–Kier alpha value is -2.04. The van der Waals surface area contributed by atoms with Gasteiger partial charge in [0.15, 0.2) is 0 Å². The smallest absolute Gasteiger partial charge is 0.308 e. The number of para-hydroxylation sites is 1. The topological polar surface area (TPSA) is 75.6 Å². The molecule has 2 unspecified atom stereocenters. The summed E-state index contributed by atoms with van der Waals surface area (Å²) >= 11 is 0. The van der Waals surface area contributed by atoms with E-state index in [2.05, 4.69) is 5.32 Å². The average Bonchev–Trinajstić information content (AvgIpc) is 3.22. The van der Waals surface area contributed by atoms with Crippen LogP contribution in [0.2, 0.25) is 0 Å². The third kappa shape index (κ3) is 2.34. The maximum Gasteiger partial charge on any atom is 0.308 e. The van der Waals surface area contributed by atoms with Crippen molar-refractivity contribution < 1.29 is 19.4 Å². The van der Waals surface area contributed by atoms with Crippen LogP contribution in [-0.2, 0) is 15.0 Å². The third-order valence-electron chi connectivity index (χ3n) is 5.13. The van der Waals surface area contributed by atoms with Crippen molar-refractivity contribution in [2.45, 2.75) is 38.1 Å². The molecule has 0 bridgehead atoms. The molecule has 1 aliphatic carbocycles. The van der Waals surface area contributed by atoms with Crippen LogP contribution in [0, 0.1) is 11.8 Å². The van der Waals surface area contributed by atoms with Crippen LogP contribution >= 0.6 is 0 Å². The Labute approximate surface area is 129 Å². The molecule has 1 heterocycles. The van der Waals surface area contributed by atoms with E-state index in [9.17, 15) is 9.59 Å². The maximum atomic E-state index is 12.5. The number of benzene rings is 1. The molecular formula is C17H21NO4. The summed E-state index contributed by atoms with van der Waals surface area (Å²) in [6.07, 6.45) is 1.65. The predicted octanol–water partition coefficient (Wildman–Crippen LogP) is 1.95. The zero-order valence-electron chi connectivity index (χ0n) is 12.8. The molecule has 1 saturated carbocycles. The van der Waals surface area contributed by atoms with Gasteiger partial charge in [-0.2, -0.15) is 0 Å². The number of carboxylic acids is 1. The minimum Gasteiger partial charge on any atom is -0.493 e. The van der Waals surface area contributed by atoms with E-state index in [0.717, 1.165) is 24.2 Å². The van der Waals surface area contributed by atoms with Crippen LogP contribution in [0.1, 0.15) is 32.3 Å². The second kappa shape index (κ2) is 5.30. The first-order valence-electron chi connectivity index (χ1n) is 7.71. The van der Waals surface area contributed by atoms with E-state index < -0.39 is 11.9 Å². The summed E-state index contributed by atoms with van der Waals surface area (Å²) in [5.41, 5.74) is 0.991. The summed E-state index contributed by atoms with van der Waals surface area (Å²) in [7, 11) is 0. The fraction of sp³-hybridized carbons (Fsp3) is 0.529. The second-order valence-electron chi connectivity index (χ2n) is 6.43. The molecule has 5 heteroatoms. The monoisotopic (exact) mass is 303 g/mol. The van der Waals surface area contributed by atoms with Crippen LogP contribution in [0.25, 0.3) is 0 Å². The molecule has 1 aliphatic heterocycles. The van der Waals surface area contributed by atoms with E-state index in [-0.39, 0.29) is 23.3 Å². The minimum atomic E-state index is -0.894. The van der Waals surface area contributed by atoms with Crippen molar-refractivity contribution >= 4 is 11.9 Å². The van der Waals surface area contributed by atoms with E-state index in [4.69, 9.17) is 9.84 Å². The van der Waals surface area contributed by atoms with Gasteiger partial charge in [0.25, 0.3) is 0 Å². The molecule has 1 amide bonds. The van der Waals surface area contributed by atoms with Crippen molar-refractivity contribution in [1.29, 1.82) is 0 Å². The number of carboxylic acid groups (broad SMARTS) is 1. The Balaban J connectivity index is 1.72. The summed E-state index contributed by atoms with van der Waals surface area (Å²) in [5.74, 6) is -0.746. The molecule has 2 N–H and O–H groups in total. The highest BCUT2D eigenvalue weighted by molar-refractivity contribution is 5.85. The molecule has 0 aromatic heterocycles. The molecular weight excluding hydrogens is 282 g/mol. The fourth-order valence-electron chi connectivity index (χ4n) is 3.37. The number of carbonyl (C=O) groups is 2. The lowest BCUT2D eigenvalue weighted by Gasteiger charge is -2.27. The van der Waals surface area contributed by atoms with Gasteiger partial charge >= 0.3 is 5.97 Å². The van der Waals surface area contributed by atoms with Gasteiger partial charge in [0.2, 0.25) is 5.91 Å². The lowest BCUT2D eigenvalue weighted by molar-refractivity contribution is -0.142. The zero-order chi connectivity index (χ0) is 15.9. The molecule has 118 valence electrons. The lowest BCUT2D eigenvalue weighted by atomic mass is 9.87. The number of rotatable bonds is 4. The summed E-state index contributed by atoms with van der Waals surface area (Å²) in [6.45, 7) is 3.98. The molecule has 3 rings (SSSR count). The van der Waals surface area contributed by atoms with Gasteiger partial charge in [0.05, 0.1) is 12.5 Å². The van der Waals surface area contributed by atoms with Gasteiger partial charge in [-0.15, -0.1) is 0 Å². The van der Waals surface area contributed by atoms with Crippen molar-refractivity contribution in [1.82, 2.24) is 5.32 Å². The summed E-state index contributed by atoms with van der Waals surface area (Å²) < 4.78 is 5.67. The molecule has 1 fully saturated rings. The highest BCUT2D eigenvalue weighted by Gasteiger charge is 2.61. The van der Waals surface area contributed by atoms with Gasteiger partial charge in [-0.05, 0) is 32.8 Å².